The van der Waals surface area contributed by atoms with Crippen molar-refractivity contribution in [2.24, 2.45) is 0 Å². The van der Waals surface area contributed by atoms with E-state index in [-0.39, 0.29) is 24.8 Å². The predicted octanol–water partition coefficient (Wildman–Crippen LogP) is 4.88. The molecule has 2 aliphatic rings. The first kappa shape index (κ1) is 18.3. The molecule has 0 bridgehead atoms. The molecule has 0 amide bonds. The van der Waals surface area contributed by atoms with Gasteiger partial charge in [0.25, 0.3) is 0 Å². The molecular weight excluding hydrogens is 362 g/mol. The monoisotopic (exact) mass is 380 g/mol. The summed E-state index contributed by atoms with van der Waals surface area (Å²) in [5.41, 5.74) is 2.77. The maximum absolute atomic E-state index is 7.28. The molecule has 0 radical (unpaired) electrons. The van der Waals surface area contributed by atoms with E-state index in [0.29, 0.717) is 4.22 Å². The van der Waals surface area contributed by atoms with Crippen LogP contribution in [0.2, 0.25) is 5.23 Å². The molecule has 0 saturated carbocycles. The molecule has 5 heteroatoms. The van der Waals surface area contributed by atoms with Crippen LogP contribution in [0.1, 0.15) is 21.8 Å². The molecule has 0 nitrogen and oxygen atoms in total. The molecule has 1 atom stereocenters. The van der Waals surface area contributed by atoms with Crippen LogP contribution in [0.25, 0.3) is 6.08 Å². The van der Waals surface area contributed by atoms with Gasteiger partial charge in [-0.25, -0.2) is 0 Å². The molecule has 0 N–H and O–H groups in total. The van der Waals surface area contributed by atoms with Crippen molar-refractivity contribution in [2.45, 2.75) is 15.9 Å². The molecule has 3 rings (SSSR count). The fourth-order valence-corrected chi connectivity index (χ4v) is 12.0. The van der Waals surface area contributed by atoms with Gasteiger partial charge in [-0.1, -0.05) is 0 Å². The average Bonchev–Trinajstić information content (AvgIpc) is 2.99. The summed E-state index contributed by atoms with van der Waals surface area (Å²) in [7, 11) is 9.37. The van der Waals surface area contributed by atoms with Crippen molar-refractivity contribution in [3.63, 3.8) is 0 Å². The Kier molecular flexibility index (Phi) is 5.63. The molecule has 108 valence electrons. The van der Waals surface area contributed by atoms with Gasteiger partial charge in [0, 0.05) is 0 Å². The van der Waals surface area contributed by atoms with E-state index in [9.17, 15) is 0 Å². The van der Waals surface area contributed by atoms with Gasteiger partial charge in [-0.3, -0.25) is 0 Å². The number of fused-ring (bicyclic) bond motifs is 1. The van der Waals surface area contributed by atoms with Crippen molar-refractivity contribution in [2.75, 3.05) is 0 Å². The molecule has 1 aromatic carbocycles. The zero-order valence-electron chi connectivity index (χ0n) is 11.4. The summed E-state index contributed by atoms with van der Waals surface area (Å²) in [6.45, 7) is 0. The Balaban J connectivity index is 0.000001000. The first-order valence-electron chi connectivity index (χ1n) is 6.37. The Morgan fingerprint density at radius 3 is 2.60 bits per heavy atom. The Hall–Kier alpha value is 0.241. The number of halogens is 3. The van der Waals surface area contributed by atoms with Gasteiger partial charge in [0.05, 0.1) is 0 Å². The van der Waals surface area contributed by atoms with E-state index >= 15 is 0 Å². The number of hydrogen-bond donors (Lipinski definition) is 0. The van der Waals surface area contributed by atoms with Crippen LogP contribution >= 0.6 is 34.1 Å². The van der Waals surface area contributed by atoms with Gasteiger partial charge < -0.3 is 0 Å². The Labute approximate surface area is 139 Å². The molecule has 1 aromatic rings. The van der Waals surface area contributed by atoms with Gasteiger partial charge in [-0.2, -0.15) is 0 Å². The van der Waals surface area contributed by atoms with Crippen LogP contribution in [0.15, 0.2) is 52.4 Å². The Morgan fingerprint density at radius 2 is 1.95 bits per heavy atom. The number of rotatable bonds is 2. The topological polar surface area (TPSA) is 0 Å². The SMILES string of the molecule is Cl.Cl.[CH3][Ti](=[SiH2])([Cl])([C]1=CC=CC1)[CH]1C=Cc2ccccc21. The fraction of sp³-hybridized carbons (Fsp3) is 0.200. The van der Waals surface area contributed by atoms with Crippen LogP contribution in [0.4, 0.5) is 0 Å². The van der Waals surface area contributed by atoms with Gasteiger partial charge >= 0.3 is 115 Å². The van der Waals surface area contributed by atoms with Gasteiger partial charge in [0.15, 0.2) is 0 Å². The van der Waals surface area contributed by atoms with Gasteiger partial charge in [-0.05, 0) is 0 Å². The third kappa shape index (κ3) is 2.90. The third-order valence-corrected chi connectivity index (χ3v) is 16.4. The molecule has 2 aliphatic carbocycles. The molecule has 1 unspecified atom stereocenters. The van der Waals surface area contributed by atoms with Crippen LogP contribution in [-0.2, 0) is 13.0 Å². The average molecular weight is 382 g/mol. The zero-order chi connectivity index (χ0) is 12.8. The van der Waals surface area contributed by atoms with Gasteiger partial charge in [0.1, 0.15) is 0 Å². The summed E-state index contributed by atoms with van der Waals surface area (Å²) in [6, 6.07) is 8.66. The van der Waals surface area contributed by atoms with E-state index in [1.807, 2.05) is 0 Å². The van der Waals surface area contributed by atoms with Crippen molar-refractivity contribution < 1.29 is 13.0 Å². The van der Waals surface area contributed by atoms with Crippen LogP contribution < -0.4 is 0 Å². The summed E-state index contributed by atoms with van der Waals surface area (Å²) in [5.74, 6) is 0. The molecule has 0 aromatic heterocycles. The second-order valence-electron chi connectivity index (χ2n) is 5.73. The summed E-state index contributed by atoms with van der Waals surface area (Å²) < 4.78 is 1.93. The summed E-state index contributed by atoms with van der Waals surface area (Å²) >= 11 is -3.12. The fourth-order valence-electron chi connectivity index (χ4n) is 3.04. The molecule has 0 heterocycles. The van der Waals surface area contributed by atoms with Crippen LogP contribution in [0.5, 0.6) is 0 Å². The normalized spacial score (nSPS) is 19.9. The standard InChI is InChI=1S/C9H7.C5H5.CH3.3ClH.H2Si.Ti/c1-2-5-9-7-3-6-8(9)4-1;1-2-4-5-3-1;;;;;;/h1-7H;1-3H,4H2;1H3;3*1H;1H2;/q;;;;;;;+1/p-1. The van der Waals surface area contributed by atoms with Crippen molar-refractivity contribution >= 4 is 47.8 Å². The first-order valence-corrected chi connectivity index (χ1v) is 15.8. The maximum atomic E-state index is 7.28. The second kappa shape index (κ2) is 6.16. The Morgan fingerprint density at radius 1 is 1.25 bits per heavy atom. The number of benzene rings is 1. The zero-order valence-corrected chi connectivity index (χ0v) is 16.7. The molecule has 0 saturated heterocycles. The first-order chi connectivity index (χ1) is 8.47. The summed E-state index contributed by atoms with van der Waals surface area (Å²) in [6.07, 6.45) is 12.3. The minimum absolute atomic E-state index is 0. The molecule has 0 fully saturated rings. The summed E-state index contributed by atoms with van der Waals surface area (Å²) in [5, 5.41) is 2.35. The van der Waals surface area contributed by atoms with Crippen molar-refractivity contribution in [1.82, 2.24) is 0 Å². The van der Waals surface area contributed by atoms with Gasteiger partial charge in [0.2, 0.25) is 0 Å². The number of hydrogen-bond acceptors (Lipinski definition) is 0. The minimum atomic E-state index is -3.12. The van der Waals surface area contributed by atoms with Crippen molar-refractivity contribution in [1.29, 1.82) is 0 Å². The summed E-state index contributed by atoms with van der Waals surface area (Å²) in [4.78, 5) is 0. The molecule has 0 aliphatic heterocycles. The van der Waals surface area contributed by atoms with Crippen LogP contribution in [0.3, 0.4) is 0 Å². The van der Waals surface area contributed by atoms with Crippen molar-refractivity contribution in [3.05, 3.63) is 63.6 Å². The molecule has 20 heavy (non-hydrogen) atoms. The molecule has 0 spiro atoms. The van der Waals surface area contributed by atoms with E-state index in [2.05, 4.69) is 67.5 Å². The molecular formula is C15H19Cl3SiTi. The van der Waals surface area contributed by atoms with E-state index in [4.69, 9.17) is 9.30 Å². The van der Waals surface area contributed by atoms with E-state index < -0.39 is 13.0 Å². The van der Waals surface area contributed by atoms with E-state index in [0.717, 1.165) is 6.42 Å². The van der Waals surface area contributed by atoms with Crippen LogP contribution in [0, 0.1) is 0 Å². The van der Waals surface area contributed by atoms with E-state index in [1.165, 1.54) is 15.0 Å². The van der Waals surface area contributed by atoms with Crippen molar-refractivity contribution in [3.8, 4) is 0 Å². The van der Waals surface area contributed by atoms with Gasteiger partial charge in [-0.15, -0.1) is 24.8 Å². The van der Waals surface area contributed by atoms with Crippen LogP contribution in [-0.4, -0.2) is 7.63 Å². The predicted molar refractivity (Wildman–Crippen MR) is 94.8 cm³/mol. The third-order valence-electron chi connectivity index (χ3n) is 4.23. The number of allylic oxidation sites excluding steroid dienone is 5. The Bertz CT molecular complexity index is 667. The quantitative estimate of drug-likeness (QED) is 0.641. The second-order valence-corrected chi connectivity index (χ2v) is 27.5. The van der Waals surface area contributed by atoms with E-state index in [1.54, 1.807) is 0 Å².